The molecule has 0 amide bonds. The first-order chi connectivity index (χ1) is 8.24. The highest BCUT2D eigenvalue weighted by atomic mass is 16.5. The second-order valence-corrected chi connectivity index (χ2v) is 4.31. The molecular formula is C13H30N2O2. The van der Waals surface area contributed by atoms with E-state index in [9.17, 15) is 5.11 Å². The Labute approximate surface area is 106 Å². The van der Waals surface area contributed by atoms with Crippen LogP contribution in [-0.4, -0.2) is 62.0 Å². The third kappa shape index (κ3) is 10.7. The van der Waals surface area contributed by atoms with Gasteiger partial charge >= 0.3 is 0 Å². The van der Waals surface area contributed by atoms with Gasteiger partial charge in [0.1, 0.15) is 0 Å². The van der Waals surface area contributed by atoms with Crippen LogP contribution in [0, 0.1) is 0 Å². The summed E-state index contributed by atoms with van der Waals surface area (Å²) in [5.74, 6) is 0. The Bertz CT molecular complexity index is 152. The van der Waals surface area contributed by atoms with E-state index in [1.54, 1.807) is 0 Å². The van der Waals surface area contributed by atoms with Crippen LogP contribution in [0.15, 0.2) is 0 Å². The van der Waals surface area contributed by atoms with Crippen LogP contribution in [0.2, 0.25) is 0 Å². The Morgan fingerprint density at radius 2 is 1.94 bits per heavy atom. The zero-order chi connectivity index (χ0) is 12.9. The average Bonchev–Trinajstić information content (AvgIpc) is 2.35. The Balaban J connectivity index is 3.29. The number of hydrogen-bond donors (Lipinski definition) is 2. The van der Waals surface area contributed by atoms with Gasteiger partial charge in [-0.25, -0.2) is 0 Å². The molecule has 0 rings (SSSR count). The smallest absolute Gasteiger partial charge is 0.0897 e. The van der Waals surface area contributed by atoms with E-state index < -0.39 is 0 Å². The molecule has 0 aliphatic carbocycles. The molecule has 0 aliphatic heterocycles. The van der Waals surface area contributed by atoms with Crippen LogP contribution in [0.1, 0.15) is 33.6 Å². The highest BCUT2D eigenvalue weighted by molar-refractivity contribution is 4.61. The number of hydrogen-bond acceptors (Lipinski definition) is 4. The minimum Gasteiger partial charge on any atom is -0.389 e. The second-order valence-electron chi connectivity index (χ2n) is 4.31. The van der Waals surface area contributed by atoms with Crippen molar-refractivity contribution in [2.75, 3.05) is 45.9 Å². The Kier molecular flexibility index (Phi) is 12.2. The van der Waals surface area contributed by atoms with E-state index >= 15 is 0 Å². The number of aliphatic hydroxyl groups excluding tert-OH is 1. The van der Waals surface area contributed by atoms with Crippen molar-refractivity contribution in [3.63, 3.8) is 0 Å². The van der Waals surface area contributed by atoms with Crippen molar-refractivity contribution in [2.45, 2.75) is 39.7 Å². The van der Waals surface area contributed by atoms with Gasteiger partial charge < -0.3 is 20.1 Å². The zero-order valence-corrected chi connectivity index (χ0v) is 11.7. The maximum Gasteiger partial charge on any atom is 0.0897 e. The number of aliphatic hydroxyl groups is 1. The van der Waals surface area contributed by atoms with E-state index in [1.807, 2.05) is 0 Å². The molecule has 0 aromatic rings. The highest BCUT2D eigenvalue weighted by Crippen LogP contribution is 1.90. The fourth-order valence-electron chi connectivity index (χ4n) is 1.57. The van der Waals surface area contributed by atoms with Gasteiger partial charge in [0.05, 0.1) is 12.7 Å². The van der Waals surface area contributed by atoms with Gasteiger partial charge in [-0.3, -0.25) is 0 Å². The maximum absolute atomic E-state index is 9.63. The van der Waals surface area contributed by atoms with Crippen LogP contribution >= 0.6 is 0 Å². The van der Waals surface area contributed by atoms with E-state index in [4.69, 9.17) is 4.74 Å². The third-order valence-electron chi connectivity index (χ3n) is 2.83. The number of unbranched alkanes of at least 4 members (excludes halogenated alkanes) is 1. The second kappa shape index (κ2) is 12.3. The predicted molar refractivity (Wildman–Crippen MR) is 72.4 cm³/mol. The van der Waals surface area contributed by atoms with Crippen LogP contribution in [0.4, 0.5) is 0 Å². The number of ether oxygens (including phenoxy) is 1. The highest BCUT2D eigenvalue weighted by Gasteiger charge is 2.04. The van der Waals surface area contributed by atoms with E-state index in [2.05, 4.69) is 31.0 Å². The summed E-state index contributed by atoms with van der Waals surface area (Å²) in [6, 6.07) is 0. The lowest BCUT2D eigenvalue weighted by Crippen LogP contribution is -2.36. The molecule has 0 spiro atoms. The van der Waals surface area contributed by atoms with E-state index in [0.717, 1.165) is 45.6 Å². The van der Waals surface area contributed by atoms with Gasteiger partial charge in [0.15, 0.2) is 0 Å². The SMILES string of the molecule is CCCCOCC(O)CNCCN(CC)CC. The van der Waals surface area contributed by atoms with Crippen LogP contribution in [0.25, 0.3) is 0 Å². The van der Waals surface area contributed by atoms with Crippen molar-refractivity contribution in [2.24, 2.45) is 0 Å². The summed E-state index contributed by atoms with van der Waals surface area (Å²) in [5, 5.41) is 12.9. The zero-order valence-electron chi connectivity index (χ0n) is 11.7. The molecule has 17 heavy (non-hydrogen) atoms. The van der Waals surface area contributed by atoms with Gasteiger partial charge in [-0.05, 0) is 19.5 Å². The topological polar surface area (TPSA) is 44.7 Å². The molecule has 0 saturated heterocycles. The van der Waals surface area contributed by atoms with E-state index in [1.165, 1.54) is 0 Å². The summed E-state index contributed by atoms with van der Waals surface area (Å²) in [6.45, 7) is 12.4. The Morgan fingerprint density at radius 1 is 1.24 bits per heavy atom. The largest absolute Gasteiger partial charge is 0.389 e. The Morgan fingerprint density at radius 3 is 2.53 bits per heavy atom. The summed E-state index contributed by atoms with van der Waals surface area (Å²) < 4.78 is 5.36. The lowest BCUT2D eigenvalue weighted by molar-refractivity contribution is 0.0357. The molecule has 0 aromatic heterocycles. The molecule has 2 N–H and O–H groups in total. The molecule has 0 fully saturated rings. The summed E-state index contributed by atoms with van der Waals surface area (Å²) in [7, 11) is 0. The average molecular weight is 246 g/mol. The van der Waals surface area contributed by atoms with Gasteiger partial charge in [0.2, 0.25) is 0 Å². The summed E-state index contributed by atoms with van der Waals surface area (Å²) in [5.41, 5.74) is 0. The first-order valence-electron chi connectivity index (χ1n) is 6.93. The number of nitrogens with one attached hydrogen (secondary N) is 1. The molecule has 104 valence electrons. The monoisotopic (exact) mass is 246 g/mol. The van der Waals surface area contributed by atoms with Crippen LogP contribution in [-0.2, 0) is 4.74 Å². The van der Waals surface area contributed by atoms with Gasteiger partial charge in [0.25, 0.3) is 0 Å². The molecule has 0 aliphatic rings. The normalized spacial score (nSPS) is 13.2. The standard InChI is InChI=1S/C13H30N2O2/c1-4-7-10-17-12-13(16)11-14-8-9-15(5-2)6-3/h13-14,16H,4-12H2,1-3H3. The van der Waals surface area contributed by atoms with Crippen molar-refractivity contribution >= 4 is 0 Å². The molecular weight excluding hydrogens is 216 g/mol. The molecule has 0 heterocycles. The first-order valence-corrected chi connectivity index (χ1v) is 6.93. The molecule has 0 bridgehead atoms. The van der Waals surface area contributed by atoms with Gasteiger partial charge in [-0.15, -0.1) is 0 Å². The fourth-order valence-corrected chi connectivity index (χ4v) is 1.57. The molecule has 0 aromatic carbocycles. The van der Waals surface area contributed by atoms with Crippen LogP contribution in [0.5, 0.6) is 0 Å². The van der Waals surface area contributed by atoms with Crippen molar-refractivity contribution < 1.29 is 9.84 Å². The maximum atomic E-state index is 9.63. The molecule has 0 saturated carbocycles. The summed E-state index contributed by atoms with van der Waals surface area (Å²) >= 11 is 0. The van der Waals surface area contributed by atoms with Crippen molar-refractivity contribution in [1.82, 2.24) is 10.2 Å². The molecule has 1 atom stereocenters. The quantitative estimate of drug-likeness (QED) is 0.506. The summed E-state index contributed by atoms with van der Waals surface area (Å²) in [4.78, 5) is 2.36. The van der Waals surface area contributed by atoms with Crippen molar-refractivity contribution in [1.29, 1.82) is 0 Å². The molecule has 1 unspecified atom stereocenters. The molecule has 0 radical (unpaired) electrons. The number of rotatable bonds is 12. The van der Waals surface area contributed by atoms with E-state index in [0.29, 0.717) is 13.2 Å². The molecule has 4 heteroatoms. The summed E-state index contributed by atoms with van der Waals surface area (Å²) in [6.07, 6.45) is 1.82. The lowest BCUT2D eigenvalue weighted by Gasteiger charge is -2.19. The predicted octanol–water partition coefficient (Wildman–Crippen LogP) is 1.10. The number of likely N-dealkylation sites (N-methyl/N-ethyl adjacent to an activating group) is 1. The lowest BCUT2D eigenvalue weighted by atomic mass is 10.3. The molecule has 4 nitrogen and oxygen atoms in total. The van der Waals surface area contributed by atoms with Crippen LogP contribution in [0.3, 0.4) is 0 Å². The van der Waals surface area contributed by atoms with Crippen molar-refractivity contribution in [3.8, 4) is 0 Å². The van der Waals surface area contributed by atoms with E-state index in [-0.39, 0.29) is 6.10 Å². The van der Waals surface area contributed by atoms with Gasteiger partial charge in [0, 0.05) is 26.2 Å². The Hall–Kier alpha value is -0.160. The first kappa shape index (κ1) is 16.8. The third-order valence-corrected chi connectivity index (χ3v) is 2.83. The van der Waals surface area contributed by atoms with Gasteiger partial charge in [-0.1, -0.05) is 27.2 Å². The fraction of sp³-hybridized carbons (Fsp3) is 1.00. The minimum atomic E-state index is -0.386. The van der Waals surface area contributed by atoms with Crippen LogP contribution < -0.4 is 5.32 Å². The van der Waals surface area contributed by atoms with Gasteiger partial charge in [-0.2, -0.15) is 0 Å². The van der Waals surface area contributed by atoms with Crippen molar-refractivity contribution in [3.05, 3.63) is 0 Å². The number of nitrogens with zero attached hydrogens (tertiary/aromatic N) is 1. The minimum absolute atomic E-state index is 0.386.